The molecule has 1 aliphatic rings. The average Bonchev–Trinajstić information content (AvgIpc) is 2.69. The van der Waals surface area contributed by atoms with Crippen molar-refractivity contribution in [1.29, 1.82) is 0 Å². The van der Waals surface area contributed by atoms with Crippen LogP contribution < -0.4 is 5.32 Å². The van der Waals surface area contributed by atoms with E-state index < -0.39 is 0 Å². The van der Waals surface area contributed by atoms with E-state index in [0.29, 0.717) is 31.5 Å². The van der Waals surface area contributed by atoms with Gasteiger partial charge in [-0.1, -0.05) is 23.7 Å². The Kier molecular flexibility index (Phi) is 6.68. The average molecular weight is 403 g/mol. The summed E-state index contributed by atoms with van der Waals surface area (Å²) in [5.41, 5.74) is 2.53. The largest absolute Gasteiger partial charge is 0.349 e. The zero-order valence-electron chi connectivity index (χ0n) is 15.9. The summed E-state index contributed by atoms with van der Waals surface area (Å²) in [7, 11) is 0. The van der Waals surface area contributed by atoms with E-state index in [-0.39, 0.29) is 23.7 Å². The summed E-state index contributed by atoms with van der Waals surface area (Å²) < 4.78 is 13.0. The van der Waals surface area contributed by atoms with Crippen molar-refractivity contribution in [2.75, 3.05) is 13.1 Å². The van der Waals surface area contributed by atoms with Gasteiger partial charge in [0.25, 0.3) is 5.91 Å². The molecule has 0 saturated carbocycles. The summed E-state index contributed by atoms with van der Waals surface area (Å²) in [6, 6.07) is 11.4. The van der Waals surface area contributed by atoms with Crippen LogP contribution in [0.15, 0.2) is 42.5 Å². The van der Waals surface area contributed by atoms with Gasteiger partial charge < -0.3 is 10.2 Å². The smallest absolute Gasteiger partial charge is 0.251 e. The molecule has 1 heterocycles. The number of likely N-dealkylation sites (tertiary alicyclic amines) is 1. The number of aryl methyl sites for hydroxylation is 2. The predicted octanol–water partition coefficient (Wildman–Crippen LogP) is 4.14. The van der Waals surface area contributed by atoms with Crippen LogP contribution in [-0.4, -0.2) is 35.8 Å². The molecule has 0 aliphatic carbocycles. The monoisotopic (exact) mass is 402 g/mol. The van der Waals surface area contributed by atoms with Crippen molar-refractivity contribution in [2.24, 2.45) is 0 Å². The molecule has 28 heavy (non-hydrogen) atoms. The lowest BCUT2D eigenvalue weighted by atomic mass is 10.0. The number of carbonyl (C=O) groups excluding carboxylic acids is 2. The van der Waals surface area contributed by atoms with E-state index in [9.17, 15) is 14.0 Å². The van der Waals surface area contributed by atoms with Crippen LogP contribution in [0.3, 0.4) is 0 Å². The molecule has 148 valence electrons. The van der Waals surface area contributed by atoms with Crippen molar-refractivity contribution >= 4 is 23.4 Å². The summed E-state index contributed by atoms with van der Waals surface area (Å²) in [5, 5.41) is 3.69. The molecule has 2 aromatic rings. The van der Waals surface area contributed by atoms with Gasteiger partial charge in [0.2, 0.25) is 5.91 Å². The predicted molar refractivity (Wildman–Crippen MR) is 108 cm³/mol. The van der Waals surface area contributed by atoms with E-state index in [2.05, 4.69) is 5.32 Å². The van der Waals surface area contributed by atoms with Crippen LogP contribution >= 0.6 is 11.6 Å². The van der Waals surface area contributed by atoms with Crippen LogP contribution in [0.5, 0.6) is 0 Å². The highest BCUT2D eigenvalue weighted by atomic mass is 35.5. The first-order chi connectivity index (χ1) is 13.4. The minimum Gasteiger partial charge on any atom is -0.349 e. The normalized spacial score (nSPS) is 14.8. The van der Waals surface area contributed by atoms with Gasteiger partial charge in [0.05, 0.1) is 0 Å². The molecule has 0 spiro atoms. The van der Waals surface area contributed by atoms with Gasteiger partial charge in [0.15, 0.2) is 0 Å². The maximum Gasteiger partial charge on any atom is 0.251 e. The number of benzene rings is 2. The van der Waals surface area contributed by atoms with Crippen molar-refractivity contribution in [1.82, 2.24) is 10.2 Å². The maximum absolute atomic E-state index is 13.0. The molecule has 4 nitrogen and oxygen atoms in total. The highest BCUT2D eigenvalue weighted by Gasteiger charge is 2.24. The number of rotatable bonds is 5. The number of halogens is 2. The van der Waals surface area contributed by atoms with Gasteiger partial charge in [-0.25, -0.2) is 4.39 Å². The molecule has 0 bridgehead atoms. The van der Waals surface area contributed by atoms with Crippen LogP contribution in [0.2, 0.25) is 5.02 Å². The lowest BCUT2D eigenvalue weighted by Gasteiger charge is -2.32. The zero-order valence-corrected chi connectivity index (χ0v) is 16.6. The third kappa shape index (κ3) is 5.32. The second kappa shape index (κ2) is 9.20. The highest BCUT2D eigenvalue weighted by molar-refractivity contribution is 6.31. The van der Waals surface area contributed by atoms with Crippen molar-refractivity contribution in [2.45, 2.75) is 38.6 Å². The Hall–Kier alpha value is -2.40. The number of amides is 2. The Balaban J connectivity index is 1.44. The summed E-state index contributed by atoms with van der Waals surface area (Å²) in [6.07, 6.45) is 2.55. The van der Waals surface area contributed by atoms with Crippen molar-refractivity contribution < 1.29 is 14.0 Å². The van der Waals surface area contributed by atoms with E-state index in [1.807, 2.05) is 30.0 Å². The molecular weight excluding hydrogens is 379 g/mol. The molecule has 1 aliphatic heterocycles. The highest BCUT2D eigenvalue weighted by Crippen LogP contribution is 2.19. The molecule has 0 unspecified atom stereocenters. The quantitative estimate of drug-likeness (QED) is 0.817. The fourth-order valence-electron chi connectivity index (χ4n) is 3.34. The standard InChI is InChI=1S/C22H24ClFN2O2/c1-15-2-3-16(14-20(15)23)4-9-21(27)26-12-10-19(11-13-26)25-22(28)17-5-7-18(24)8-6-17/h2-3,5-8,14,19H,4,9-13H2,1H3,(H,25,28). The molecule has 0 atom stereocenters. The van der Waals surface area contributed by atoms with E-state index in [0.717, 1.165) is 29.0 Å². The van der Waals surface area contributed by atoms with E-state index in [4.69, 9.17) is 11.6 Å². The minimum absolute atomic E-state index is 0.0255. The molecule has 0 radical (unpaired) electrons. The first-order valence-corrected chi connectivity index (χ1v) is 9.89. The Labute approximate surface area is 169 Å². The number of carbonyl (C=O) groups is 2. The Bertz CT molecular complexity index is 846. The van der Waals surface area contributed by atoms with Gasteiger partial charge in [-0.05, 0) is 67.6 Å². The minimum atomic E-state index is -0.365. The third-order valence-electron chi connectivity index (χ3n) is 5.15. The number of nitrogens with zero attached hydrogens (tertiary/aromatic N) is 1. The molecule has 2 amide bonds. The van der Waals surface area contributed by atoms with Gasteiger partial charge >= 0.3 is 0 Å². The van der Waals surface area contributed by atoms with Crippen molar-refractivity contribution in [3.8, 4) is 0 Å². The number of piperidine rings is 1. The second-order valence-electron chi connectivity index (χ2n) is 7.22. The van der Waals surface area contributed by atoms with Crippen molar-refractivity contribution in [3.63, 3.8) is 0 Å². The van der Waals surface area contributed by atoms with Gasteiger partial charge in [-0.3, -0.25) is 9.59 Å². The molecule has 1 N–H and O–H groups in total. The fraction of sp³-hybridized carbons (Fsp3) is 0.364. The third-order valence-corrected chi connectivity index (χ3v) is 5.56. The van der Waals surface area contributed by atoms with E-state index in [1.54, 1.807) is 0 Å². The molecule has 2 aromatic carbocycles. The first-order valence-electron chi connectivity index (χ1n) is 9.51. The first kappa shape index (κ1) is 20.3. The maximum atomic E-state index is 13.0. The van der Waals surface area contributed by atoms with Crippen LogP contribution in [0.25, 0.3) is 0 Å². The van der Waals surface area contributed by atoms with Crippen LogP contribution in [0.1, 0.15) is 40.7 Å². The van der Waals surface area contributed by atoms with E-state index in [1.165, 1.54) is 24.3 Å². The zero-order chi connectivity index (χ0) is 20.1. The van der Waals surface area contributed by atoms with Gasteiger partial charge in [-0.15, -0.1) is 0 Å². The van der Waals surface area contributed by atoms with Gasteiger partial charge in [-0.2, -0.15) is 0 Å². The number of hydrogen-bond donors (Lipinski definition) is 1. The summed E-state index contributed by atoms with van der Waals surface area (Å²) in [5.74, 6) is -0.447. The van der Waals surface area contributed by atoms with Gasteiger partial charge in [0.1, 0.15) is 5.82 Å². The molecule has 3 rings (SSSR count). The van der Waals surface area contributed by atoms with Crippen LogP contribution in [-0.2, 0) is 11.2 Å². The lowest BCUT2D eigenvalue weighted by Crippen LogP contribution is -2.46. The number of nitrogens with one attached hydrogen (secondary N) is 1. The Morgan fingerprint density at radius 1 is 1.14 bits per heavy atom. The molecule has 6 heteroatoms. The van der Waals surface area contributed by atoms with E-state index >= 15 is 0 Å². The second-order valence-corrected chi connectivity index (χ2v) is 7.63. The fourth-order valence-corrected chi connectivity index (χ4v) is 3.55. The van der Waals surface area contributed by atoms with Crippen LogP contribution in [0, 0.1) is 12.7 Å². The number of hydrogen-bond acceptors (Lipinski definition) is 2. The SMILES string of the molecule is Cc1ccc(CCC(=O)N2CCC(NC(=O)c3ccc(F)cc3)CC2)cc1Cl. The molecule has 0 aromatic heterocycles. The summed E-state index contributed by atoms with van der Waals surface area (Å²) in [6.45, 7) is 3.21. The lowest BCUT2D eigenvalue weighted by molar-refractivity contribution is -0.132. The van der Waals surface area contributed by atoms with Crippen molar-refractivity contribution in [3.05, 3.63) is 70.0 Å². The molecule has 1 saturated heterocycles. The summed E-state index contributed by atoms with van der Waals surface area (Å²) in [4.78, 5) is 26.6. The molecular formula is C22H24ClFN2O2. The topological polar surface area (TPSA) is 49.4 Å². The van der Waals surface area contributed by atoms with Gasteiger partial charge in [0, 0.05) is 36.1 Å². The Morgan fingerprint density at radius 3 is 2.46 bits per heavy atom. The molecule has 1 fully saturated rings. The summed E-state index contributed by atoms with van der Waals surface area (Å²) >= 11 is 6.14. The Morgan fingerprint density at radius 2 is 1.82 bits per heavy atom. The van der Waals surface area contributed by atoms with Crippen LogP contribution in [0.4, 0.5) is 4.39 Å².